The van der Waals surface area contributed by atoms with Gasteiger partial charge in [-0.1, -0.05) is 18.2 Å². The number of nitrogens with zero attached hydrogens (tertiary/aromatic N) is 7. The van der Waals surface area contributed by atoms with Gasteiger partial charge in [-0.15, -0.1) is 0 Å². The predicted octanol–water partition coefficient (Wildman–Crippen LogP) is 3.75. The normalized spacial score (nSPS) is 13.8. The fourth-order valence-electron chi connectivity index (χ4n) is 4.00. The highest BCUT2D eigenvalue weighted by molar-refractivity contribution is 5.89. The fourth-order valence-corrected chi connectivity index (χ4v) is 4.00. The number of anilines is 3. The Labute approximate surface area is 215 Å². The molecule has 0 bridgehead atoms. The molecule has 1 saturated heterocycles. The molecule has 0 atom stereocenters. The molecule has 0 radical (unpaired) electrons. The van der Waals surface area contributed by atoms with Crippen LogP contribution in [-0.4, -0.2) is 74.0 Å². The van der Waals surface area contributed by atoms with E-state index >= 15 is 0 Å². The molecule has 4 heterocycles. The number of aryl methyl sites for hydroxylation is 1. The summed E-state index contributed by atoms with van der Waals surface area (Å²) in [7, 11) is 2.07. The molecule has 1 aromatic carbocycles. The highest BCUT2D eigenvalue weighted by Crippen LogP contribution is 2.18. The van der Waals surface area contributed by atoms with Gasteiger partial charge in [0.25, 0.3) is 0 Å². The minimum atomic E-state index is -0.0611. The molecule has 0 unspecified atom stereocenters. The second-order valence-corrected chi connectivity index (χ2v) is 9.01. The lowest BCUT2D eigenvalue weighted by Gasteiger charge is -2.32. The van der Waals surface area contributed by atoms with E-state index in [9.17, 15) is 4.79 Å². The number of hydrogen-bond donors (Lipinski definition) is 2. The minimum Gasteiger partial charge on any atom is -0.325 e. The average Bonchev–Trinajstić information content (AvgIpc) is 2.91. The maximum Gasteiger partial charge on any atom is 0.321 e. The summed E-state index contributed by atoms with van der Waals surface area (Å²) in [5.41, 5.74) is 3.44. The van der Waals surface area contributed by atoms with Crippen molar-refractivity contribution in [2.75, 3.05) is 43.9 Å². The van der Waals surface area contributed by atoms with E-state index in [0.29, 0.717) is 29.7 Å². The van der Waals surface area contributed by atoms with Crippen LogP contribution in [0.3, 0.4) is 0 Å². The largest absolute Gasteiger partial charge is 0.325 e. The quantitative estimate of drug-likeness (QED) is 0.416. The molecule has 37 heavy (non-hydrogen) atoms. The zero-order valence-electron chi connectivity index (χ0n) is 20.9. The summed E-state index contributed by atoms with van der Waals surface area (Å²) in [5, 5.41) is 6.22. The number of likely N-dealkylation sites (N-methyl/N-ethyl adjacent to an activating group) is 1. The van der Waals surface area contributed by atoms with Gasteiger partial charge in [0.05, 0.1) is 0 Å². The molecule has 0 saturated carbocycles. The first-order valence-corrected chi connectivity index (χ1v) is 12.2. The van der Waals surface area contributed by atoms with Crippen molar-refractivity contribution in [1.29, 1.82) is 0 Å². The van der Waals surface area contributed by atoms with Crippen LogP contribution >= 0.6 is 0 Å². The number of piperazine rings is 1. The van der Waals surface area contributed by atoms with Crippen LogP contribution in [0.5, 0.6) is 0 Å². The van der Waals surface area contributed by atoms with Gasteiger partial charge in [-0.05, 0) is 55.9 Å². The Morgan fingerprint density at radius 3 is 2.35 bits per heavy atom. The number of nitrogens with one attached hydrogen (secondary N) is 2. The van der Waals surface area contributed by atoms with Crippen LogP contribution in [0.15, 0.2) is 67.0 Å². The van der Waals surface area contributed by atoms with E-state index in [2.05, 4.69) is 47.5 Å². The molecule has 2 amide bonds. The summed E-state index contributed by atoms with van der Waals surface area (Å²) < 4.78 is 0. The van der Waals surface area contributed by atoms with Crippen LogP contribution in [0.2, 0.25) is 0 Å². The smallest absolute Gasteiger partial charge is 0.321 e. The van der Waals surface area contributed by atoms with Crippen LogP contribution in [0.4, 0.5) is 22.1 Å². The number of rotatable bonds is 6. The molecule has 10 heteroatoms. The Hall–Kier alpha value is -4.44. The van der Waals surface area contributed by atoms with Gasteiger partial charge in [-0.25, -0.2) is 29.7 Å². The molecule has 188 valence electrons. The third kappa shape index (κ3) is 6.42. The van der Waals surface area contributed by atoms with E-state index in [1.54, 1.807) is 24.5 Å². The van der Waals surface area contributed by atoms with E-state index in [0.717, 1.165) is 48.8 Å². The lowest BCUT2D eigenvalue weighted by Crippen LogP contribution is -2.48. The maximum absolute atomic E-state index is 12.5. The molecule has 10 nitrogen and oxygen atoms in total. The van der Waals surface area contributed by atoms with Gasteiger partial charge in [0.1, 0.15) is 23.2 Å². The molecule has 1 aliphatic rings. The van der Waals surface area contributed by atoms with Crippen molar-refractivity contribution in [2.24, 2.45) is 0 Å². The summed E-state index contributed by atoms with van der Waals surface area (Å²) in [6.45, 7) is 5.19. The van der Waals surface area contributed by atoms with Crippen LogP contribution in [0.25, 0.3) is 11.5 Å². The van der Waals surface area contributed by atoms with Crippen LogP contribution in [0, 0.1) is 6.92 Å². The lowest BCUT2D eigenvalue weighted by molar-refractivity contribution is 0.164. The Kier molecular flexibility index (Phi) is 7.27. The second-order valence-electron chi connectivity index (χ2n) is 9.01. The van der Waals surface area contributed by atoms with Crippen molar-refractivity contribution < 1.29 is 4.79 Å². The van der Waals surface area contributed by atoms with Crippen molar-refractivity contribution in [3.63, 3.8) is 0 Å². The zero-order valence-corrected chi connectivity index (χ0v) is 20.9. The van der Waals surface area contributed by atoms with Crippen molar-refractivity contribution >= 4 is 23.4 Å². The first-order valence-electron chi connectivity index (χ1n) is 12.2. The highest BCUT2D eigenvalue weighted by atomic mass is 16.2. The monoisotopic (exact) mass is 495 g/mol. The van der Waals surface area contributed by atoms with E-state index in [1.165, 1.54) is 0 Å². The number of hydrogen-bond acceptors (Lipinski definition) is 8. The van der Waals surface area contributed by atoms with E-state index in [-0.39, 0.29) is 6.03 Å². The Bertz CT molecular complexity index is 1370. The maximum atomic E-state index is 12.5. The molecule has 5 rings (SSSR count). The summed E-state index contributed by atoms with van der Waals surface area (Å²) in [6.07, 6.45) is 3.98. The molecular weight excluding hydrogens is 466 g/mol. The molecule has 2 N–H and O–H groups in total. The number of carbonyl (C=O) groups is 1. The SMILES string of the molecule is Cc1cccc(-c2nccc(Nc3ccnc(Cc4ccc(NC(=O)N5CCN(C)CC5)cc4)n3)n2)n1. The van der Waals surface area contributed by atoms with Crippen molar-refractivity contribution in [1.82, 2.24) is 34.7 Å². The molecule has 0 aliphatic carbocycles. The fraction of sp³-hybridized carbons (Fsp3) is 0.259. The van der Waals surface area contributed by atoms with Gasteiger partial charge < -0.3 is 20.4 Å². The van der Waals surface area contributed by atoms with Gasteiger partial charge in [0.2, 0.25) is 0 Å². The third-order valence-corrected chi connectivity index (χ3v) is 6.09. The lowest BCUT2D eigenvalue weighted by atomic mass is 10.1. The molecule has 4 aromatic rings. The molecular formula is C27H29N9O. The second kappa shape index (κ2) is 11.1. The van der Waals surface area contributed by atoms with Gasteiger partial charge >= 0.3 is 6.03 Å². The Morgan fingerprint density at radius 1 is 0.865 bits per heavy atom. The van der Waals surface area contributed by atoms with Crippen LogP contribution < -0.4 is 10.6 Å². The van der Waals surface area contributed by atoms with Gasteiger partial charge in [-0.2, -0.15) is 0 Å². The molecule has 1 aliphatic heterocycles. The topological polar surface area (TPSA) is 112 Å². The first-order chi connectivity index (χ1) is 18.0. The number of pyridine rings is 1. The van der Waals surface area contributed by atoms with Crippen LogP contribution in [0.1, 0.15) is 17.1 Å². The number of amides is 2. The first kappa shape index (κ1) is 24.3. The van der Waals surface area contributed by atoms with Crippen molar-refractivity contribution in [3.05, 3.63) is 84.1 Å². The van der Waals surface area contributed by atoms with E-state index in [4.69, 9.17) is 0 Å². The van der Waals surface area contributed by atoms with Gasteiger partial charge in [-0.3, -0.25) is 0 Å². The minimum absolute atomic E-state index is 0.0611. The zero-order chi connectivity index (χ0) is 25.6. The molecule has 0 spiro atoms. The van der Waals surface area contributed by atoms with Gasteiger partial charge in [0.15, 0.2) is 5.82 Å². The standard InChI is InChI=1S/C27H29N9O/c1-19-4-3-5-22(30-19)26-29-13-11-24(34-26)32-23-10-12-28-25(33-23)18-20-6-8-21(9-7-20)31-27(37)36-16-14-35(2)15-17-36/h3-13H,14-18H2,1-2H3,(H,31,37)(H,28,29,32,33,34). The summed E-state index contributed by atoms with van der Waals surface area (Å²) >= 11 is 0. The summed E-state index contributed by atoms with van der Waals surface area (Å²) in [6, 6.07) is 17.1. The van der Waals surface area contributed by atoms with E-state index < -0.39 is 0 Å². The van der Waals surface area contributed by atoms with Gasteiger partial charge in [0, 0.05) is 56.4 Å². The number of urea groups is 1. The van der Waals surface area contributed by atoms with Crippen molar-refractivity contribution in [3.8, 4) is 11.5 Å². The predicted molar refractivity (Wildman–Crippen MR) is 143 cm³/mol. The Morgan fingerprint density at radius 2 is 1.59 bits per heavy atom. The Balaban J connectivity index is 1.21. The highest BCUT2D eigenvalue weighted by Gasteiger charge is 2.18. The molecule has 1 fully saturated rings. The van der Waals surface area contributed by atoms with Crippen molar-refractivity contribution in [2.45, 2.75) is 13.3 Å². The number of carbonyl (C=O) groups excluding carboxylic acids is 1. The summed E-state index contributed by atoms with van der Waals surface area (Å²) in [5.74, 6) is 2.48. The molecule has 3 aromatic heterocycles. The van der Waals surface area contributed by atoms with E-state index in [1.807, 2.05) is 54.3 Å². The number of benzene rings is 1. The summed E-state index contributed by atoms with van der Waals surface area (Å²) in [4.78, 5) is 39.0. The number of aromatic nitrogens is 5. The third-order valence-electron chi connectivity index (χ3n) is 6.09. The van der Waals surface area contributed by atoms with Crippen LogP contribution in [-0.2, 0) is 6.42 Å². The average molecular weight is 496 g/mol.